The lowest BCUT2D eigenvalue weighted by molar-refractivity contribution is 0.530. The van der Waals surface area contributed by atoms with Gasteiger partial charge in [-0.2, -0.15) is 0 Å². The number of nitrogens with two attached hydrogens (primary N) is 3. The van der Waals surface area contributed by atoms with E-state index in [1.807, 2.05) is 6.92 Å². The van der Waals surface area contributed by atoms with Gasteiger partial charge in [-0.15, -0.1) is 0 Å². The number of hydrogen-bond acceptors (Lipinski definition) is 4. The van der Waals surface area contributed by atoms with Crippen molar-refractivity contribution in [3.8, 4) is 0 Å². The van der Waals surface area contributed by atoms with Gasteiger partial charge in [-0.05, 0) is 32.5 Å². The zero-order valence-corrected chi connectivity index (χ0v) is 39.3. The van der Waals surface area contributed by atoms with E-state index in [-0.39, 0.29) is 6.15 Å². The molecule has 0 bridgehead atoms. The minimum atomic E-state index is 0. The van der Waals surface area contributed by atoms with Gasteiger partial charge in [0.2, 0.25) is 0 Å². The molecule has 0 unspecified atom stereocenters. The highest BCUT2D eigenvalue weighted by Gasteiger charge is 1.96. The van der Waals surface area contributed by atoms with Crippen molar-refractivity contribution in [2.24, 2.45) is 17.2 Å². The summed E-state index contributed by atoms with van der Waals surface area (Å²) in [7, 11) is 0. The molecule has 0 aromatic carbocycles. The monoisotopic (exact) mass is 771 g/mol. The van der Waals surface area contributed by atoms with Crippen LogP contribution in [0.3, 0.4) is 0 Å². The fraction of sp³-hybridized carbons (Fsp3) is 1.00. The SMILES string of the molecule is CCCCCCCCCCCCCC.CCCCCCCCCCCCCCCCCCN.CCCCCCCCCCCCCCCCN.CCN.N. The first-order valence-electron chi connectivity index (χ1n) is 25.3. The second-order valence-corrected chi connectivity index (χ2v) is 16.4. The summed E-state index contributed by atoms with van der Waals surface area (Å²) in [5, 5.41) is 0. The van der Waals surface area contributed by atoms with Gasteiger partial charge in [0.05, 0.1) is 0 Å². The van der Waals surface area contributed by atoms with Gasteiger partial charge < -0.3 is 23.4 Å². The first-order valence-corrected chi connectivity index (χ1v) is 25.3. The van der Waals surface area contributed by atoms with Crippen molar-refractivity contribution in [1.29, 1.82) is 0 Å². The Kier molecular flexibility index (Phi) is 82.4. The van der Waals surface area contributed by atoms with Gasteiger partial charge in [0.25, 0.3) is 0 Å². The zero-order valence-electron chi connectivity index (χ0n) is 39.3. The van der Waals surface area contributed by atoms with Gasteiger partial charge in [0, 0.05) is 0 Å². The van der Waals surface area contributed by atoms with Crippen LogP contribution < -0.4 is 23.4 Å². The molecule has 334 valence electrons. The van der Waals surface area contributed by atoms with Crippen LogP contribution in [0, 0.1) is 0 Å². The van der Waals surface area contributed by atoms with Crippen LogP contribution in [0.2, 0.25) is 0 Å². The molecule has 0 spiro atoms. The fourth-order valence-corrected chi connectivity index (χ4v) is 6.95. The van der Waals surface area contributed by atoms with Gasteiger partial charge in [0.1, 0.15) is 0 Å². The average Bonchev–Trinajstić information content (AvgIpc) is 3.17. The highest BCUT2D eigenvalue weighted by molar-refractivity contribution is 4.52. The second kappa shape index (κ2) is 70.6. The molecule has 0 saturated carbocycles. The molecule has 0 saturated heterocycles. The molecule has 0 amide bonds. The summed E-state index contributed by atoms with van der Waals surface area (Å²) in [5.74, 6) is 0. The molecule has 0 radical (unpaired) electrons. The Bertz CT molecular complexity index is 473. The molecular formula is C50H114N4. The maximum absolute atomic E-state index is 5.48. The normalized spacial score (nSPS) is 10.4. The zero-order chi connectivity index (χ0) is 39.8. The lowest BCUT2D eigenvalue weighted by Crippen LogP contribution is -1.97. The Balaban J connectivity index is -0.000000214. The fourth-order valence-electron chi connectivity index (χ4n) is 6.95. The predicted octanol–water partition coefficient (Wildman–Crippen LogP) is 17.5. The Morgan fingerprint density at radius 1 is 0.185 bits per heavy atom. The van der Waals surface area contributed by atoms with Crippen LogP contribution in [0.15, 0.2) is 0 Å². The van der Waals surface area contributed by atoms with Gasteiger partial charge in [-0.25, -0.2) is 0 Å². The molecule has 0 aliphatic carbocycles. The van der Waals surface area contributed by atoms with Gasteiger partial charge in [-0.1, -0.05) is 291 Å². The third kappa shape index (κ3) is 80.3. The maximum atomic E-state index is 5.48. The Hall–Kier alpha value is -0.160. The van der Waals surface area contributed by atoms with Crippen molar-refractivity contribution in [2.75, 3.05) is 19.6 Å². The Morgan fingerprint density at radius 3 is 0.370 bits per heavy atom. The molecule has 0 heterocycles. The highest BCUT2D eigenvalue weighted by Crippen LogP contribution is 2.15. The van der Waals surface area contributed by atoms with E-state index in [9.17, 15) is 0 Å². The molecule has 0 fully saturated rings. The standard InChI is InChI=1S/C18H39N.C16H35N.C14H30.C2H7N.H3N/c1-2-3-4-5-6-7-8-9-10-11-12-13-14-15-16-17-18-19;1-2-3-4-5-6-7-8-9-10-11-12-13-14-15-16-17;1-3-5-7-9-11-13-14-12-10-8-6-4-2;1-2-3;/h2-19H2,1H3;2-17H2,1H3;3-14H2,1-2H3;2-3H2,1H3;1H3. The molecule has 54 heavy (non-hydrogen) atoms. The molecule has 4 heteroatoms. The van der Waals surface area contributed by atoms with Crippen molar-refractivity contribution in [3.63, 3.8) is 0 Å². The van der Waals surface area contributed by atoms with E-state index < -0.39 is 0 Å². The van der Waals surface area contributed by atoms with Crippen LogP contribution in [0.5, 0.6) is 0 Å². The average molecular weight is 771 g/mol. The third-order valence-electron chi connectivity index (χ3n) is 10.6. The first-order chi connectivity index (χ1) is 26.2. The molecule has 0 atom stereocenters. The van der Waals surface area contributed by atoms with Crippen molar-refractivity contribution in [3.05, 3.63) is 0 Å². The smallest absolute Gasteiger partial charge is 0.00773 e. The van der Waals surface area contributed by atoms with Crippen molar-refractivity contribution in [1.82, 2.24) is 6.15 Å². The summed E-state index contributed by atoms with van der Waals surface area (Å²) in [4.78, 5) is 0. The molecule has 9 N–H and O–H groups in total. The van der Waals surface area contributed by atoms with E-state index >= 15 is 0 Å². The van der Waals surface area contributed by atoms with E-state index in [4.69, 9.17) is 17.2 Å². The summed E-state index contributed by atoms with van der Waals surface area (Å²) in [5.41, 5.74) is 15.8. The van der Waals surface area contributed by atoms with Crippen LogP contribution in [-0.4, -0.2) is 19.6 Å². The van der Waals surface area contributed by atoms with Crippen LogP contribution in [0.1, 0.15) is 304 Å². The van der Waals surface area contributed by atoms with E-state index in [0.717, 1.165) is 19.6 Å². The first kappa shape index (κ1) is 63.0. The molecular weight excluding hydrogens is 657 g/mol. The van der Waals surface area contributed by atoms with Crippen LogP contribution in [0.25, 0.3) is 0 Å². The summed E-state index contributed by atoms with van der Waals surface area (Å²) in [6.45, 7) is 13.5. The van der Waals surface area contributed by atoms with Crippen molar-refractivity contribution >= 4 is 0 Å². The number of rotatable bonds is 41. The van der Waals surface area contributed by atoms with E-state index in [2.05, 4.69) is 27.7 Å². The number of unbranched alkanes of at least 4 members (excludes halogenated alkanes) is 39. The topological polar surface area (TPSA) is 113 Å². The van der Waals surface area contributed by atoms with Gasteiger partial charge >= 0.3 is 0 Å². The molecule has 0 aliphatic heterocycles. The lowest BCUT2D eigenvalue weighted by Gasteiger charge is -2.03. The summed E-state index contributed by atoms with van der Waals surface area (Å²) >= 11 is 0. The second-order valence-electron chi connectivity index (χ2n) is 16.4. The molecule has 0 rings (SSSR count). The van der Waals surface area contributed by atoms with Crippen molar-refractivity contribution < 1.29 is 0 Å². The molecule has 0 aromatic heterocycles. The van der Waals surface area contributed by atoms with E-state index in [0.29, 0.717) is 0 Å². The van der Waals surface area contributed by atoms with Crippen LogP contribution >= 0.6 is 0 Å². The summed E-state index contributed by atoms with van der Waals surface area (Å²) in [6.07, 6.45) is 60.2. The lowest BCUT2D eigenvalue weighted by atomic mass is 10.0. The summed E-state index contributed by atoms with van der Waals surface area (Å²) < 4.78 is 0. The predicted molar refractivity (Wildman–Crippen MR) is 254 cm³/mol. The van der Waals surface area contributed by atoms with Crippen LogP contribution in [0.4, 0.5) is 0 Å². The maximum Gasteiger partial charge on any atom is -0.00773 e. The molecule has 4 nitrogen and oxygen atoms in total. The van der Waals surface area contributed by atoms with Gasteiger partial charge in [0.15, 0.2) is 0 Å². The van der Waals surface area contributed by atoms with E-state index in [1.165, 1.54) is 270 Å². The molecule has 0 aromatic rings. The Morgan fingerprint density at radius 2 is 0.278 bits per heavy atom. The quantitative estimate of drug-likeness (QED) is 0.0464. The minimum Gasteiger partial charge on any atom is -0.344 e. The van der Waals surface area contributed by atoms with E-state index in [1.54, 1.807) is 0 Å². The Labute approximate surface area is 346 Å². The minimum absolute atomic E-state index is 0. The largest absolute Gasteiger partial charge is 0.344 e. The number of hydrogen-bond donors (Lipinski definition) is 4. The summed E-state index contributed by atoms with van der Waals surface area (Å²) in [6, 6.07) is 0. The van der Waals surface area contributed by atoms with Crippen LogP contribution in [-0.2, 0) is 0 Å². The van der Waals surface area contributed by atoms with Crippen molar-refractivity contribution in [2.45, 2.75) is 304 Å². The van der Waals surface area contributed by atoms with Gasteiger partial charge in [-0.3, -0.25) is 0 Å². The highest BCUT2D eigenvalue weighted by atomic mass is 14.5. The molecule has 0 aliphatic rings. The third-order valence-corrected chi connectivity index (χ3v) is 10.6.